The maximum atomic E-state index is 3.99. The smallest absolute Gasteiger partial charge is 0.217 e. The van der Waals surface area contributed by atoms with Gasteiger partial charge in [-0.25, -0.2) is 10.4 Å². The molecule has 0 aliphatic rings. The number of anilines is 1. The first-order chi connectivity index (χ1) is 4.34. The van der Waals surface area contributed by atoms with Gasteiger partial charge in [0.2, 0.25) is 5.95 Å². The number of aryl methyl sites for hydroxylation is 1. The molecular formula is C5H10N4. The van der Waals surface area contributed by atoms with E-state index in [-0.39, 0.29) is 0 Å². The fraction of sp³-hybridized carbons (Fsp3) is 0.400. The molecule has 0 radical (unpaired) electrons. The first-order valence-electron chi connectivity index (χ1n) is 2.74. The number of hydrogen-bond donors (Lipinski definition) is 2. The van der Waals surface area contributed by atoms with Crippen molar-refractivity contribution >= 4 is 5.95 Å². The third-order valence-corrected chi connectivity index (χ3v) is 1.06. The molecule has 0 aliphatic heterocycles. The van der Waals surface area contributed by atoms with Crippen molar-refractivity contribution in [1.29, 1.82) is 0 Å². The Labute approximate surface area is 53.9 Å². The Morgan fingerprint density at radius 3 is 2.89 bits per heavy atom. The molecule has 1 aromatic rings. The van der Waals surface area contributed by atoms with Gasteiger partial charge in [-0.15, -0.1) is 0 Å². The lowest BCUT2D eigenvalue weighted by Gasteiger charge is -2.01. The molecule has 4 nitrogen and oxygen atoms in total. The summed E-state index contributed by atoms with van der Waals surface area (Å²) >= 11 is 0. The highest BCUT2D eigenvalue weighted by atomic mass is 15.4. The molecule has 0 amide bonds. The molecule has 0 fully saturated rings. The second-order valence-electron chi connectivity index (χ2n) is 1.74. The van der Waals surface area contributed by atoms with Crippen LogP contribution in [0.5, 0.6) is 0 Å². The summed E-state index contributed by atoms with van der Waals surface area (Å²) in [5.41, 5.74) is 5.64. The molecule has 1 heterocycles. The van der Waals surface area contributed by atoms with Crippen molar-refractivity contribution in [2.45, 2.75) is 0 Å². The van der Waals surface area contributed by atoms with Crippen LogP contribution in [0, 0.1) is 0 Å². The minimum absolute atomic E-state index is 0.817. The second kappa shape index (κ2) is 2.50. The van der Waals surface area contributed by atoms with Gasteiger partial charge in [-0.05, 0) is 0 Å². The van der Waals surface area contributed by atoms with E-state index in [1.165, 1.54) is 0 Å². The molecule has 1 rings (SSSR count). The summed E-state index contributed by atoms with van der Waals surface area (Å²) in [6.07, 6.45) is 3.61. The lowest BCUT2D eigenvalue weighted by Crippen LogP contribution is -2.17. The largest absolute Gasteiger partial charge is 0.320 e. The van der Waals surface area contributed by atoms with Crippen molar-refractivity contribution in [1.82, 2.24) is 15.0 Å². The third-order valence-electron chi connectivity index (χ3n) is 1.06. The maximum absolute atomic E-state index is 3.99. The highest BCUT2D eigenvalue weighted by Crippen LogP contribution is 1.96. The van der Waals surface area contributed by atoms with Crippen molar-refractivity contribution in [3.05, 3.63) is 12.4 Å². The van der Waals surface area contributed by atoms with Crippen LogP contribution in [0.15, 0.2) is 12.4 Å². The van der Waals surface area contributed by atoms with Gasteiger partial charge in [-0.3, -0.25) is 5.43 Å². The number of hydrogen-bond acceptors (Lipinski definition) is 3. The number of hydrazine groups is 1. The SMILES string of the molecule is CNNc1nccn1C. The van der Waals surface area contributed by atoms with Gasteiger partial charge in [0.15, 0.2) is 0 Å². The van der Waals surface area contributed by atoms with E-state index >= 15 is 0 Å². The molecule has 0 saturated heterocycles. The van der Waals surface area contributed by atoms with E-state index in [1.54, 1.807) is 13.2 Å². The van der Waals surface area contributed by atoms with Crippen molar-refractivity contribution in [2.24, 2.45) is 7.05 Å². The Morgan fingerprint density at radius 1 is 1.67 bits per heavy atom. The van der Waals surface area contributed by atoms with Crippen LogP contribution in [-0.2, 0) is 7.05 Å². The van der Waals surface area contributed by atoms with E-state index in [0.717, 1.165) is 5.95 Å². The predicted octanol–water partition coefficient (Wildman–Crippen LogP) is -0.0336. The molecule has 0 aromatic carbocycles. The third kappa shape index (κ3) is 1.20. The molecule has 50 valence electrons. The molecule has 0 saturated carbocycles. The Hall–Kier alpha value is -1.03. The molecular weight excluding hydrogens is 116 g/mol. The van der Waals surface area contributed by atoms with E-state index < -0.39 is 0 Å². The van der Waals surface area contributed by atoms with Crippen molar-refractivity contribution in [2.75, 3.05) is 12.5 Å². The first kappa shape index (κ1) is 6.10. The zero-order valence-electron chi connectivity index (χ0n) is 5.55. The quantitative estimate of drug-likeness (QED) is 0.547. The first-order valence-corrected chi connectivity index (χ1v) is 2.74. The van der Waals surface area contributed by atoms with Crippen molar-refractivity contribution < 1.29 is 0 Å². The summed E-state index contributed by atoms with van der Waals surface area (Å²) in [6, 6.07) is 0. The average Bonchev–Trinajstić information content (AvgIpc) is 2.18. The number of nitrogens with one attached hydrogen (secondary N) is 2. The number of aromatic nitrogens is 2. The number of imidazole rings is 1. The van der Waals surface area contributed by atoms with Gasteiger partial charge in [-0.2, -0.15) is 0 Å². The van der Waals surface area contributed by atoms with E-state index in [4.69, 9.17) is 0 Å². The Kier molecular flexibility index (Phi) is 1.69. The summed E-state index contributed by atoms with van der Waals surface area (Å²) in [5, 5.41) is 0. The van der Waals surface area contributed by atoms with Crippen LogP contribution in [-0.4, -0.2) is 16.6 Å². The zero-order valence-corrected chi connectivity index (χ0v) is 5.55. The van der Waals surface area contributed by atoms with Crippen LogP contribution in [0.1, 0.15) is 0 Å². The maximum Gasteiger partial charge on any atom is 0.217 e. The summed E-state index contributed by atoms with van der Waals surface area (Å²) in [4.78, 5) is 3.99. The standard InChI is InChI=1S/C5H10N4/c1-6-8-5-7-3-4-9(5)2/h3-4,6H,1-2H3,(H,7,8). The van der Waals surface area contributed by atoms with Crippen LogP contribution in [0.4, 0.5) is 5.95 Å². The van der Waals surface area contributed by atoms with Crippen LogP contribution < -0.4 is 10.9 Å². The molecule has 4 heteroatoms. The van der Waals surface area contributed by atoms with E-state index in [9.17, 15) is 0 Å². The van der Waals surface area contributed by atoms with Crippen LogP contribution in [0.25, 0.3) is 0 Å². The van der Waals surface area contributed by atoms with Gasteiger partial charge >= 0.3 is 0 Å². The predicted molar refractivity (Wildman–Crippen MR) is 35.9 cm³/mol. The normalized spacial score (nSPS) is 9.56. The highest BCUT2D eigenvalue weighted by Gasteiger charge is 1.91. The van der Waals surface area contributed by atoms with Crippen molar-refractivity contribution in [3.8, 4) is 0 Å². The zero-order chi connectivity index (χ0) is 6.69. The van der Waals surface area contributed by atoms with E-state index in [1.807, 2.05) is 17.8 Å². The van der Waals surface area contributed by atoms with E-state index in [2.05, 4.69) is 15.8 Å². The minimum Gasteiger partial charge on any atom is -0.320 e. The lowest BCUT2D eigenvalue weighted by atomic mass is 10.9. The van der Waals surface area contributed by atoms with Crippen molar-refractivity contribution in [3.63, 3.8) is 0 Å². The molecule has 0 unspecified atom stereocenters. The van der Waals surface area contributed by atoms with Crippen LogP contribution >= 0.6 is 0 Å². The topological polar surface area (TPSA) is 41.9 Å². The fourth-order valence-electron chi connectivity index (χ4n) is 0.598. The summed E-state index contributed by atoms with van der Waals surface area (Å²) in [7, 11) is 3.72. The lowest BCUT2D eigenvalue weighted by molar-refractivity contribution is 0.861. The van der Waals surface area contributed by atoms with Gasteiger partial charge in [0.25, 0.3) is 0 Å². The Morgan fingerprint density at radius 2 is 2.44 bits per heavy atom. The molecule has 0 spiro atoms. The van der Waals surface area contributed by atoms with Gasteiger partial charge in [0.05, 0.1) is 0 Å². The molecule has 1 aromatic heterocycles. The Bertz CT molecular complexity index is 181. The van der Waals surface area contributed by atoms with Gasteiger partial charge < -0.3 is 4.57 Å². The van der Waals surface area contributed by atoms with Gasteiger partial charge in [0, 0.05) is 26.5 Å². The molecule has 2 N–H and O–H groups in total. The number of nitrogens with zero attached hydrogens (tertiary/aromatic N) is 2. The van der Waals surface area contributed by atoms with E-state index in [0.29, 0.717) is 0 Å². The monoisotopic (exact) mass is 126 g/mol. The fourth-order valence-corrected chi connectivity index (χ4v) is 0.598. The molecule has 9 heavy (non-hydrogen) atoms. The number of rotatable bonds is 2. The summed E-state index contributed by atoms with van der Waals surface area (Å²) in [5.74, 6) is 0.817. The summed E-state index contributed by atoms with van der Waals surface area (Å²) in [6.45, 7) is 0. The van der Waals surface area contributed by atoms with Crippen LogP contribution in [0.2, 0.25) is 0 Å². The second-order valence-corrected chi connectivity index (χ2v) is 1.74. The Balaban J connectivity index is 2.69. The summed E-state index contributed by atoms with van der Waals surface area (Å²) < 4.78 is 1.89. The highest BCUT2D eigenvalue weighted by molar-refractivity contribution is 5.22. The average molecular weight is 126 g/mol. The molecule has 0 bridgehead atoms. The van der Waals surface area contributed by atoms with Gasteiger partial charge in [-0.1, -0.05) is 0 Å². The molecule has 0 atom stereocenters. The molecule has 0 aliphatic carbocycles. The van der Waals surface area contributed by atoms with Crippen LogP contribution in [0.3, 0.4) is 0 Å². The van der Waals surface area contributed by atoms with Gasteiger partial charge in [0.1, 0.15) is 0 Å². The minimum atomic E-state index is 0.817.